The Kier molecular flexibility index (Phi) is 5.68. The van der Waals surface area contributed by atoms with Gasteiger partial charge in [-0.1, -0.05) is 0 Å². The standard InChI is InChI=1S/C16H19F5N6O/c1-3-22-13-11(16(19,20)21)6-23-15(26-13)25-12-7-24-27(8(12)2)9-4-10(5-9)28-14(17)18/h6-7,9-10,14H,3-5H2,1-2H3,(H2,22,23,25,26)/t9-,10-. The molecule has 0 bridgehead atoms. The Balaban J connectivity index is 1.73. The summed E-state index contributed by atoms with van der Waals surface area (Å²) in [4.78, 5) is 7.64. The van der Waals surface area contributed by atoms with Crippen LogP contribution in [0, 0.1) is 6.92 Å². The van der Waals surface area contributed by atoms with Crippen molar-refractivity contribution in [2.45, 2.75) is 51.6 Å². The monoisotopic (exact) mass is 406 g/mol. The Bertz CT molecular complexity index is 818. The predicted octanol–water partition coefficient (Wildman–Crippen LogP) is 4.12. The van der Waals surface area contributed by atoms with Crippen molar-refractivity contribution < 1.29 is 26.7 Å². The topological polar surface area (TPSA) is 76.9 Å². The fraction of sp³-hybridized carbons (Fsp3) is 0.562. The number of hydrogen-bond acceptors (Lipinski definition) is 6. The second-order valence-electron chi connectivity index (χ2n) is 6.34. The Hall–Kier alpha value is -2.50. The highest BCUT2D eigenvalue weighted by molar-refractivity contribution is 5.58. The Morgan fingerprint density at radius 2 is 2.00 bits per heavy atom. The average molecular weight is 406 g/mol. The van der Waals surface area contributed by atoms with Crippen LogP contribution in [0.2, 0.25) is 0 Å². The van der Waals surface area contributed by atoms with Gasteiger partial charge in [0.05, 0.1) is 29.7 Å². The summed E-state index contributed by atoms with van der Waals surface area (Å²) in [7, 11) is 0. The zero-order valence-electron chi connectivity index (χ0n) is 15.1. The molecule has 0 saturated heterocycles. The molecule has 1 aliphatic rings. The largest absolute Gasteiger partial charge is 0.421 e. The van der Waals surface area contributed by atoms with Crippen LogP contribution in [0.1, 0.15) is 37.1 Å². The number of rotatable bonds is 7. The average Bonchev–Trinajstić information content (AvgIpc) is 2.90. The number of nitrogens with zero attached hydrogens (tertiary/aromatic N) is 4. The summed E-state index contributed by atoms with van der Waals surface area (Å²) in [6, 6.07) is -0.0786. The lowest BCUT2D eigenvalue weighted by molar-refractivity contribution is -0.189. The van der Waals surface area contributed by atoms with E-state index in [1.54, 1.807) is 18.5 Å². The molecule has 0 atom stereocenters. The third kappa shape index (κ3) is 4.32. The molecular weight excluding hydrogens is 387 g/mol. The van der Waals surface area contributed by atoms with Gasteiger partial charge in [0.2, 0.25) is 5.95 Å². The Labute approximate surface area is 157 Å². The molecule has 1 aliphatic carbocycles. The molecule has 0 radical (unpaired) electrons. The van der Waals surface area contributed by atoms with Gasteiger partial charge in [-0.2, -0.15) is 32.0 Å². The Morgan fingerprint density at radius 1 is 1.29 bits per heavy atom. The van der Waals surface area contributed by atoms with E-state index in [0.29, 0.717) is 30.4 Å². The maximum absolute atomic E-state index is 13.0. The van der Waals surface area contributed by atoms with E-state index in [2.05, 4.69) is 30.4 Å². The first-order chi connectivity index (χ1) is 13.2. The SMILES string of the molecule is CCNc1nc(Nc2cnn([C@H]3C[C@H](OC(F)F)C3)c2C)ncc1C(F)(F)F. The fourth-order valence-electron chi connectivity index (χ4n) is 2.98. The van der Waals surface area contributed by atoms with Gasteiger partial charge in [-0.3, -0.25) is 4.68 Å². The lowest BCUT2D eigenvalue weighted by Gasteiger charge is -2.35. The van der Waals surface area contributed by atoms with Crippen LogP contribution in [0.4, 0.5) is 39.4 Å². The molecule has 0 aromatic carbocycles. The van der Waals surface area contributed by atoms with Gasteiger partial charge in [0.15, 0.2) is 0 Å². The van der Waals surface area contributed by atoms with E-state index in [-0.39, 0.29) is 24.4 Å². The van der Waals surface area contributed by atoms with Gasteiger partial charge in [0.1, 0.15) is 11.4 Å². The van der Waals surface area contributed by atoms with Gasteiger partial charge in [-0.15, -0.1) is 0 Å². The van der Waals surface area contributed by atoms with Gasteiger partial charge < -0.3 is 15.4 Å². The highest BCUT2D eigenvalue weighted by atomic mass is 19.4. The van der Waals surface area contributed by atoms with Crippen LogP contribution in [-0.2, 0) is 10.9 Å². The molecule has 3 rings (SSSR count). The number of ether oxygens (including phenoxy) is 1. The number of halogens is 5. The summed E-state index contributed by atoms with van der Waals surface area (Å²) >= 11 is 0. The molecule has 2 aromatic heterocycles. The van der Waals surface area contributed by atoms with Crippen LogP contribution in [-0.4, -0.2) is 39.0 Å². The van der Waals surface area contributed by atoms with E-state index in [9.17, 15) is 22.0 Å². The minimum atomic E-state index is -4.57. The third-order valence-electron chi connectivity index (χ3n) is 4.44. The summed E-state index contributed by atoms with van der Waals surface area (Å²) in [5.74, 6) is -0.331. The van der Waals surface area contributed by atoms with Crippen molar-refractivity contribution in [3.63, 3.8) is 0 Å². The van der Waals surface area contributed by atoms with Crippen LogP contribution in [0.25, 0.3) is 0 Å². The molecule has 1 fully saturated rings. The van der Waals surface area contributed by atoms with Gasteiger partial charge in [0.25, 0.3) is 0 Å². The minimum Gasteiger partial charge on any atom is -0.370 e. The van der Waals surface area contributed by atoms with Crippen LogP contribution >= 0.6 is 0 Å². The number of alkyl halides is 5. The first kappa shape index (κ1) is 20.2. The molecule has 2 aromatic rings. The summed E-state index contributed by atoms with van der Waals surface area (Å²) in [5, 5.41) is 9.65. The summed E-state index contributed by atoms with van der Waals surface area (Å²) in [6.45, 7) is 0.878. The van der Waals surface area contributed by atoms with Crippen molar-refractivity contribution in [3.8, 4) is 0 Å². The van der Waals surface area contributed by atoms with Gasteiger partial charge in [0, 0.05) is 12.7 Å². The fourth-order valence-corrected chi connectivity index (χ4v) is 2.98. The van der Waals surface area contributed by atoms with Crippen molar-refractivity contribution in [3.05, 3.63) is 23.7 Å². The molecule has 0 amide bonds. The van der Waals surface area contributed by atoms with Crippen LogP contribution in [0.15, 0.2) is 12.4 Å². The third-order valence-corrected chi connectivity index (χ3v) is 4.44. The molecule has 2 heterocycles. The van der Waals surface area contributed by atoms with E-state index in [0.717, 1.165) is 0 Å². The lowest BCUT2D eigenvalue weighted by atomic mass is 9.89. The molecule has 1 saturated carbocycles. The number of nitrogens with one attached hydrogen (secondary N) is 2. The van der Waals surface area contributed by atoms with Crippen molar-refractivity contribution in [2.24, 2.45) is 0 Å². The number of aromatic nitrogens is 4. The molecule has 0 aliphatic heterocycles. The predicted molar refractivity (Wildman–Crippen MR) is 90.6 cm³/mol. The number of anilines is 3. The van der Waals surface area contributed by atoms with Crippen molar-refractivity contribution >= 4 is 17.5 Å². The summed E-state index contributed by atoms with van der Waals surface area (Å²) in [6.07, 6.45) is -2.05. The molecule has 0 unspecified atom stereocenters. The summed E-state index contributed by atoms with van der Waals surface area (Å²) < 4.78 is 69.6. The smallest absolute Gasteiger partial charge is 0.370 e. The van der Waals surface area contributed by atoms with Crippen LogP contribution in [0.3, 0.4) is 0 Å². The maximum Gasteiger partial charge on any atom is 0.421 e. The van der Waals surface area contributed by atoms with Crippen LogP contribution in [0.5, 0.6) is 0 Å². The van der Waals surface area contributed by atoms with Gasteiger partial charge in [-0.05, 0) is 26.7 Å². The summed E-state index contributed by atoms with van der Waals surface area (Å²) in [5.41, 5.74) is 0.251. The second kappa shape index (κ2) is 7.86. The zero-order chi connectivity index (χ0) is 20.5. The van der Waals surface area contributed by atoms with Crippen molar-refractivity contribution in [2.75, 3.05) is 17.2 Å². The first-order valence-electron chi connectivity index (χ1n) is 8.61. The van der Waals surface area contributed by atoms with Crippen LogP contribution < -0.4 is 10.6 Å². The first-order valence-corrected chi connectivity index (χ1v) is 8.61. The molecule has 0 spiro atoms. The molecular formula is C16H19F5N6O. The highest BCUT2D eigenvalue weighted by Crippen LogP contribution is 2.37. The van der Waals surface area contributed by atoms with E-state index in [1.807, 2.05) is 0 Å². The number of hydrogen-bond donors (Lipinski definition) is 2. The quantitative estimate of drug-likeness (QED) is 0.674. The molecule has 154 valence electrons. The van der Waals surface area contributed by atoms with Crippen molar-refractivity contribution in [1.82, 2.24) is 19.7 Å². The highest BCUT2D eigenvalue weighted by Gasteiger charge is 2.36. The second-order valence-corrected chi connectivity index (χ2v) is 6.34. The van der Waals surface area contributed by atoms with Gasteiger partial charge in [-0.25, -0.2) is 4.98 Å². The molecule has 2 N–H and O–H groups in total. The molecule has 12 heteroatoms. The lowest BCUT2D eigenvalue weighted by Crippen LogP contribution is -2.35. The van der Waals surface area contributed by atoms with Crippen molar-refractivity contribution in [1.29, 1.82) is 0 Å². The molecule has 7 nitrogen and oxygen atoms in total. The van der Waals surface area contributed by atoms with E-state index in [1.165, 1.54) is 6.20 Å². The van der Waals surface area contributed by atoms with E-state index < -0.39 is 24.5 Å². The zero-order valence-corrected chi connectivity index (χ0v) is 15.1. The van der Waals surface area contributed by atoms with E-state index in [4.69, 9.17) is 0 Å². The Morgan fingerprint density at radius 3 is 2.61 bits per heavy atom. The van der Waals surface area contributed by atoms with Gasteiger partial charge >= 0.3 is 12.8 Å². The van der Waals surface area contributed by atoms with E-state index >= 15 is 0 Å². The maximum atomic E-state index is 13.0. The molecule has 28 heavy (non-hydrogen) atoms. The minimum absolute atomic E-state index is 0.0147. The normalized spacial score (nSPS) is 19.6.